The van der Waals surface area contributed by atoms with Gasteiger partial charge in [-0.1, -0.05) is 6.07 Å². The lowest BCUT2D eigenvalue weighted by molar-refractivity contribution is -0.114. The Balaban J connectivity index is 2.11. The van der Waals surface area contributed by atoms with Crippen LogP contribution in [-0.2, 0) is 4.79 Å². The van der Waals surface area contributed by atoms with E-state index >= 15 is 0 Å². The molecule has 2 rings (SSSR count). The molecule has 0 aliphatic heterocycles. The maximum absolute atomic E-state index is 12.0. The van der Waals surface area contributed by atoms with Crippen LogP contribution < -0.4 is 10.6 Å². The Hall–Kier alpha value is -3.20. The predicted octanol–water partition coefficient (Wildman–Crippen LogP) is 2.16. The molecule has 1 aromatic carbocycles. The van der Waals surface area contributed by atoms with Crippen LogP contribution in [-0.4, -0.2) is 16.8 Å². The van der Waals surface area contributed by atoms with Crippen LogP contribution in [0.25, 0.3) is 0 Å². The van der Waals surface area contributed by atoms with E-state index in [0.29, 0.717) is 16.9 Å². The van der Waals surface area contributed by atoms with Crippen LogP contribution in [0.3, 0.4) is 0 Å². The number of carbonyl (C=O) groups is 2. The SMILES string of the molecule is CC(=O)Nc1cccc(NC(=O)c2ccc(C#N)nc2)c1. The van der Waals surface area contributed by atoms with Crippen molar-refractivity contribution in [3.05, 3.63) is 53.9 Å². The van der Waals surface area contributed by atoms with E-state index in [1.807, 2.05) is 6.07 Å². The molecule has 0 saturated carbocycles. The molecule has 0 spiro atoms. The highest BCUT2D eigenvalue weighted by Gasteiger charge is 2.07. The number of nitrogens with zero attached hydrogens (tertiary/aromatic N) is 2. The lowest BCUT2D eigenvalue weighted by Crippen LogP contribution is -2.13. The van der Waals surface area contributed by atoms with Crippen molar-refractivity contribution in [2.45, 2.75) is 6.92 Å². The van der Waals surface area contributed by atoms with Crippen molar-refractivity contribution in [1.82, 2.24) is 4.98 Å². The fraction of sp³-hybridized carbons (Fsp3) is 0.0667. The summed E-state index contributed by atoms with van der Waals surface area (Å²) in [7, 11) is 0. The van der Waals surface area contributed by atoms with Crippen molar-refractivity contribution in [1.29, 1.82) is 5.26 Å². The van der Waals surface area contributed by atoms with Gasteiger partial charge in [0, 0.05) is 24.5 Å². The summed E-state index contributed by atoms with van der Waals surface area (Å²) in [6.45, 7) is 1.41. The first-order valence-electron chi connectivity index (χ1n) is 6.13. The summed E-state index contributed by atoms with van der Waals surface area (Å²) in [5.74, 6) is -0.526. The molecule has 0 atom stereocenters. The highest BCUT2D eigenvalue weighted by Crippen LogP contribution is 2.16. The number of hydrogen-bond donors (Lipinski definition) is 2. The van der Waals surface area contributed by atoms with E-state index in [4.69, 9.17) is 5.26 Å². The molecular formula is C15H12N4O2. The van der Waals surface area contributed by atoms with Crippen molar-refractivity contribution in [2.75, 3.05) is 10.6 Å². The van der Waals surface area contributed by atoms with Crippen molar-refractivity contribution < 1.29 is 9.59 Å². The lowest BCUT2D eigenvalue weighted by Gasteiger charge is -2.07. The molecule has 2 N–H and O–H groups in total. The van der Waals surface area contributed by atoms with Gasteiger partial charge in [-0.3, -0.25) is 9.59 Å². The van der Waals surface area contributed by atoms with E-state index in [0.717, 1.165) is 0 Å². The van der Waals surface area contributed by atoms with Gasteiger partial charge in [0.2, 0.25) is 5.91 Å². The summed E-state index contributed by atoms with van der Waals surface area (Å²) in [4.78, 5) is 26.9. The zero-order valence-electron chi connectivity index (χ0n) is 11.3. The molecule has 0 unspecified atom stereocenters. The van der Waals surface area contributed by atoms with E-state index in [9.17, 15) is 9.59 Å². The number of rotatable bonds is 3. The third-order valence-corrected chi connectivity index (χ3v) is 2.58. The van der Waals surface area contributed by atoms with Gasteiger partial charge in [0.15, 0.2) is 0 Å². The number of benzene rings is 1. The van der Waals surface area contributed by atoms with E-state index in [2.05, 4.69) is 15.6 Å². The molecule has 0 radical (unpaired) electrons. The molecule has 104 valence electrons. The number of aromatic nitrogens is 1. The fourth-order valence-corrected chi connectivity index (χ4v) is 1.68. The number of carbonyl (C=O) groups excluding carboxylic acids is 2. The average molecular weight is 280 g/mol. The highest BCUT2D eigenvalue weighted by atomic mass is 16.2. The van der Waals surface area contributed by atoms with E-state index in [-0.39, 0.29) is 17.5 Å². The molecule has 2 aromatic rings. The molecule has 6 heteroatoms. The predicted molar refractivity (Wildman–Crippen MR) is 77.7 cm³/mol. The topological polar surface area (TPSA) is 94.9 Å². The second-order valence-corrected chi connectivity index (χ2v) is 4.26. The molecule has 2 amide bonds. The van der Waals surface area contributed by atoms with Crippen LogP contribution in [0, 0.1) is 11.3 Å². The van der Waals surface area contributed by atoms with Gasteiger partial charge in [-0.25, -0.2) is 4.98 Å². The number of nitriles is 1. The molecule has 21 heavy (non-hydrogen) atoms. The lowest BCUT2D eigenvalue weighted by atomic mass is 10.2. The van der Waals surface area contributed by atoms with Crippen molar-refractivity contribution >= 4 is 23.2 Å². The van der Waals surface area contributed by atoms with Crippen LogP contribution in [0.4, 0.5) is 11.4 Å². The van der Waals surface area contributed by atoms with Crippen LogP contribution in [0.15, 0.2) is 42.6 Å². The number of pyridine rings is 1. The Morgan fingerprint density at radius 2 is 1.86 bits per heavy atom. The van der Waals surface area contributed by atoms with Gasteiger partial charge in [-0.15, -0.1) is 0 Å². The first-order valence-corrected chi connectivity index (χ1v) is 6.13. The molecule has 0 fully saturated rings. The number of hydrogen-bond acceptors (Lipinski definition) is 4. The van der Waals surface area contributed by atoms with Gasteiger partial charge in [0.1, 0.15) is 11.8 Å². The first kappa shape index (κ1) is 14.2. The summed E-state index contributed by atoms with van der Waals surface area (Å²) in [6.07, 6.45) is 1.34. The second kappa shape index (κ2) is 6.30. The molecule has 0 aliphatic carbocycles. The third-order valence-electron chi connectivity index (χ3n) is 2.58. The van der Waals surface area contributed by atoms with E-state index < -0.39 is 0 Å². The Kier molecular flexibility index (Phi) is 4.26. The van der Waals surface area contributed by atoms with Gasteiger partial charge in [0.25, 0.3) is 5.91 Å². The molecule has 0 bridgehead atoms. The Morgan fingerprint density at radius 3 is 2.43 bits per heavy atom. The van der Waals surface area contributed by atoms with Crippen LogP contribution in [0.5, 0.6) is 0 Å². The maximum atomic E-state index is 12.0. The minimum Gasteiger partial charge on any atom is -0.326 e. The maximum Gasteiger partial charge on any atom is 0.257 e. The minimum atomic E-state index is -0.341. The average Bonchev–Trinajstić information content (AvgIpc) is 2.47. The van der Waals surface area contributed by atoms with Gasteiger partial charge in [0.05, 0.1) is 5.56 Å². The molecule has 6 nitrogen and oxygen atoms in total. The van der Waals surface area contributed by atoms with Crippen LogP contribution in [0.1, 0.15) is 23.0 Å². The third kappa shape index (κ3) is 3.88. The largest absolute Gasteiger partial charge is 0.326 e. The molecule has 0 saturated heterocycles. The van der Waals surface area contributed by atoms with Gasteiger partial charge < -0.3 is 10.6 Å². The zero-order chi connectivity index (χ0) is 15.2. The Morgan fingerprint density at radius 1 is 1.14 bits per heavy atom. The minimum absolute atomic E-state index is 0.185. The summed E-state index contributed by atoms with van der Waals surface area (Å²) < 4.78 is 0. The Bertz CT molecular complexity index is 717. The van der Waals surface area contributed by atoms with Gasteiger partial charge in [-0.05, 0) is 30.3 Å². The summed E-state index contributed by atoms with van der Waals surface area (Å²) >= 11 is 0. The summed E-state index contributed by atoms with van der Waals surface area (Å²) in [5, 5.41) is 14.0. The smallest absolute Gasteiger partial charge is 0.257 e. The van der Waals surface area contributed by atoms with Crippen molar-refractivity contribution in [3.63, 3.8) is 0 Å². The molecule has 1 heterocycles. The monoisotopic (exact) mass is 280 g/mol. The second-order valence-electron chi connectivity index (χ2n) is 4.26. The standard InChI is InChI=1S/C15H12N4O2/c1-10(20)18-12-3-2-4-13(7-12)19-15(21)11-5-6-14(8-16)17-9-11/h2-7,9H,1H3,(H,18,20)(H,19,21). The first-order chi connectivity index (χ1) is 10.1. The summed E-state index contributed by atoms with van der Waals surface area (Å²) in [5.41, 5.74) is 1.74. The van der Waals surface area contributed by atoms with Crippen LogP contribution in [0.2, 0.25) is 0 Å². The number of amides is 2. The zero-order valence-corrected chi connectivity index (χ0v) is 11.3. The normalized spacial score (nSPS) is 9.52. The van der Waals surface area contributed by atoms with Crippen LogP contribution >= 0.6 is 0 Å². The molecular weight excluding hydrogens is 268 g/mol. The number of nitrogens with one attached hydrogen (secondary N) is 2. The quantitative estimate of drug-likeness (QED) is 0.900. The molecule has 0 aliphatic rings. The van der Waals surface area contributed by atoms with E-state index in [1.165, 1.54) is 25.3 Å². The fourth-order valence-electron chi connectivity index (χ4n) is 1.68. The summed E-state index contributed by atoms with van der Waals surface area (Å²) in [6, 6.07) is 11.7. The van der Waals surface area contributed by atoms with Crippen molar-refractivity contribution in [2.24, 2.45) is 0 Å². The number of anilines is 2. The van der Waals surface area contributed by atoms with E-state index in [1.54, 1.807) is 24.3 Å². The molecule has 1 aromatic heterocycles. The highest BCUT2D eigenvalue weighted by molar-refractivity contribution is 6.04. The van der Waals surface area contributed by atoms with Gasteiger partial charge in [-0.2, -0.15) is 5.26 Å². The van der Waals surface area contributed by atoms with Gasteiger partial charge >= 0.3 is 0 Å². The Labute approximate surface area is 121 Å². The van der Waals surface area contributed by atoms with Crippen molar-refractivity contribution in [3.8, 4) is 6.07 Å².